The van der Waals surface area contributed by atoms with Crippen LogP contribution in [0.3, 0.4) is 0 Å². The van der Waals surface area contributed by atoms with E-state index < -0.39 is 6.09 Å². The van der Waals surface area contributed by atoms with Crippen molar-refractivity contribution in [1.82, 2.24) is 9.78 Å². The minimum atomic E-state index is -0.444. The zero-order valence-electron chi connectivity index (χ0n) is 12.8. The Kier molecular flexibility index (Phi) is 3.23. The van der Waals surface area contributed by atoms with Crippen LogP contribution in [0.1, 0.15) is 22.7 Å². The van der Waals surface area contributed by atoms with Crippen LogP contribution >= 0.6 is 0 Å². The number of nitrogens with zero attached hydrogens (tertiary/aromatic N) is 2. The fraction of sp³-hybridized carbons (Fsp3) is 0.158. The van der Waals surface area contributed by atoms with Crippen molar-refractivity contribution < 1.29 is 9.53 Å². The molecule has 1 aromatic heterocycles. The molecule has 0 atom stereocenters. The van der Waals surface area contributed by atoms with E-state index in [1.165, 1.54) is 26.9 Å². The molecule has 0 amide bonds. The highest BCUT2D eigenvalue weighted by molar-refractivity contribution is 5.79. The predicted octanol–water partition coefficient (Wildman–Crippen LogP) is 3.99. The monoisotopic (exact) mass is 304 g/mol. The Hall–Kier alpha value is -2.88. The van der Waals surface area contributed by atoms with Gasteiger partial charge in [0.25, 0.3) is 0 Å². The quantitative estimate of drug-likeness (QED) is 0.719. The van der Waals surface area contributed by atoms with Gasteiger partial charge in [-0.2, -0.15) is 9.78 Å². The van der Waals surface area contributed by atoms with Gasteiger partial charge in [0.2, 0.25) is 0 Å². The van der Waals surface area contributed by atoms with E-state index in [0.717, 1.165) is 5.69 Å². The largest absolute Gasteiger partial charge is 0.447 e. The number of hydrogen-bond acceptors (Lipinski definition) is 3. The SMILES string of the molecule is Cc1ccn(C(=O)OCC2c3ccccc3-c3ccccc32)n1. The maximum atomic E-state index is 12.1. The van der Waals surface area contributed by atoms with Crippen molar-refractivity contribution in [1.29, 1.82) is 0 Å². The number of rotatable bonds is 2. The molecule has 0 saturated heterocycles. The molecule has 1 aliphatic carbocycles. The van der Waals surface area contributed by atoms with E-state index in [9.17, 15) is 4.79 Å². The first kappa shape index (κ1) is 13.8. The highest BCUT2D eigenvalue weighted by Gasteiger charge is 2.29. The van der Waals surface area contributed by atoms with Crippen LogP contribution in [0.5, 0.6) is 0 Å². The molecular weight excluding hydrogens is 288 g/mol. The topological polar surface area (TPSA) is 44.1 Å². The molecule has 4 rings (SSSR count). The first-order chi connectivity index (χ1) is 11.2. The van der Waals surface area contributed by atoms with Gasteiger partial charge in [-0.1, -0.05) is 48.5 Å². The molecule has 1 heterocycles. The Bertz CT molecular complexity index is 837. The number of aromatic nitrogens is 2. The van der Waals surface area contributed by atoms with Gasteiger partial charge in [-0.05, 0) is 35.2 Å². The maximum absolute atomic E-state index is 12.1. The molecule has 0 unspecified atom stereocenters. The van der Waals surface area contributed by atoms with E-state index in [1.54, 1.807) is 12.3 Å². The van der Waals surface area contributed by atoms with Crippen molar-refractivity contribution in [3.05, 3.63) is 77.6 Å². The standard InChI is InChI=1S/C19H16N2O2/c1-13-10-11-21(20-13)19(22)23-12-18-16-8-4-2-6-14(16)15-7-3-5-9-17(15)18/h2-11,18H,12H2,1H3. The van der Waals surface area contributed by atoms with Crippen LogP contribution in [0.25, 0.3) is 11.1 Å². The van der Waals surface area contributed by atoms with E-state index >= 15 is 0 Å². The van der Waals surface area contributed by atoms with Crippen LogP contribution in [0.4, 0.5) is 4.79 Å². The van der Waals surface area contributed by atoms with E-state index in [-0.39, 0.29) is 5.92 Å². The van der Waals surface area contributed by atoms with Crippen LogP contribution in [-0.2, 0) is 4.74 Å². The predicted molar refractivity (Wildman–Crippen MR) is 87.4 cm³/mol. The molecule has 2 aromatic carbocycles. The van der Waals surface area contributed by atoms with Gasteiger partial charge in [0.15, 0.2) is 0 Å². The van der Waals surface area contributed by atoms with E-state index in [2.05, 4.69) is 29.4 Å². The Morgan fingerprint density at radius 3 is 2.22 bits per heavy atom. The van der Waals surface area contributed by atoms with Crippen molar-refractivity contribution in [3.63, 3.8) is 0 Å². The highest BCUT2D eigenvalue weighted by atomic mass is 16.6. The summed E-state index contributed by atoms with van der Waals surface area (Å²) >= 11 is 0. The molecule has 0 radical (unpaired) electrons. The molecule has 0 saturated carbocycles. The molecule has 0 N–H and O–H groups in total. The van der Waals surface area contributed by atoms with Crippen molar-refractivity contribution in [3.8, 4) is 11.1 Å². The average molecular weight is 304 g/mol. The van der Waals surface area contributed by atoms with Crippen molar-refractivity contribution in [2.24, 2.45) is 0 Å². The van der Waals surface area contributed by atoms with E-state index in [4.69, 9.17) is 4.74 Å². The fourth-order valence-corrected chi connectivity index (χ4v) is 3.18. The summed E-state index contributed by atoms with van der Waals surface area (Å²) in [6, 6.07) is 18.3. The van der Waals surface area contributed by atoms with Crippen LogP contribution in [-0.4, -0.2) is 22.5 Å². The summed E-state index contributed by atoms with van der Waals surface area (Å²) in [6.07, 6.45) is 1.17. The second kappa shape index (κ2) is 5.39. The molecule has 23 heavy (non-hydrogen) atoms. The molecule has 0 fully saturated rings. The number of fused-ring (bicyclic) bond motifs is 3. The molecule has 3 aromatic rings. The van der Waals surface area contributed by atoms with Crippen molar-refractivity contribution >= 4 is 6.09 Å². The van der Waals surface area contributed by atoms with Gasteiger partial charge < -0.3 is 4.74 Å². The van der Waals surface area contributed by atoms with E-state index in [1.807, 2.05) is 31.2 Å². The third-order valence-corrected chi connectivity index (χ3v) is 4.25. The van der Waals surface area contributed by atoms with E-state index in [0.29, 0.717) is 6.61 Å². The third kappa shape index (κ3) is 2.32. The number of carbonyl (C=O) groups excluding carboxylic acids is 1. The number of benzene rings is 2. The zero-order valence-corrected chi connectivity index (χ0v) is 12.8. The second-order valence-electron chi connectivity index (χ2n) is 5.71. The smallest absolute Gasteiger partial charge is 0.434 e. The lowest BCUT2D eigenvalue weighted by atomic mass is 9.98. The van der Waals surface area contributed by atoms with Crippen LogP contribution < -0.4 is 0 Å². The van der Waals surface area contributed by atoms with Gasteiger partial charge in [0.05, 0.1) is 5.69 Å². The van der Waals surface area contributed by atoms with Gasteiger partial charge in [0, 0.05) is 12.1 Å². The summed E-state index contributed by atoms with van der Waals surface area (Å²) in [5, 5.41) is 4.09. The van der Waals surface area contributed by atoms with Crippen molar-refractivity contribution in [2.45, 2.75) is 12.8 Å². The second-order valence-corrected chi connectivity index (χ2v) is 5.71. The first-order valence-corrected chi connectivity index (χ1v) is 7.61. The first-order valence-electron chi connectivity index (χ1n) is 7.61. The fourth-order valence-electron chi connectivity index (χ4n) is 3.18. The van der Waals surface area contributed by atoms with Crippen LogP contribution in [0.15, 0.2) is 60.8 Å². The van der Waals surface area contributed by atoms with Gasteiger partial charge >= 0.3 is 6.09 Å². The lowest BCUT2D eigenvalue weighted by molar-refractivity contribution is 0.141. The van der Waals surface area contributed by atoms with Gasteiger partial charge in [-0.15, -0.1) is 0 Å². The summed E-state index contributed by atoms with van der Waals surface area (Å²) in [7, 11) is 0. The Morgan fingerprint density at radius 2 is 1.65 bits per heavy atom. The van der Waals surface area contributed by atoms with Crippen LogP contribution in [0.2, 0.25) is 0 Å². The number of ether oxygens (including phenoxy) is 1. The number of hydrogen-bond donors (Lipinski definition) is 0. The molecule has 0 aliphatic heterocycles. The summed E-state index contributed by atoms with van der Waals surface area (Å²) in [6.45, 7) is 2.15. The third-order valence-electron chi connectivity index (χ3n) is 4.25. The normalized spacial score (nSPS) is 12.7. The Balaban J connectivity index is 1.61. The highest BCUT2D eigenvalue weighted by Crippen LogP contribution is 2.44. The Labute approximate surface area is 134 Å². The lowest BCUT2D eigenvalue weighted by Gasteiger charge is -2.13. The maximum Gasteiger partial charge on any atom is 0.434 e. The van der Waals surface area contributed by atoms with Gasteiger partial charge in [0.1, 0.15) is 6.61 Å². The van der Waals surface area contributed by atoms with Crippen LogP contribution in [0, 0.1) is 6.92 Å². The molecule has 4 heteroatoms. The molecular formula is C19H16N2O2. The molecule has 4 nitrogen and oxygen atoms in total. The zero-order chi connectivity index (χ0) is 15.8. The number of carbonyl (C=O) groups is 1. The molecule has 0 spiro atoms. The Morgan fingerprint density at radius 1 is 1.04 bits per heavy atom. The summed E-state index contributed by atoms with van der Waals surface area (Å²) in [4.78, 5) is 12.1. The van der Waals surface area contributed by atoms with Crippen molar-refractivity contribution in [2.75, 3.05) is 6.61 Å². The summed E-state index contributed by atoms with van der Waals surface area (Å²) in [5.41, 5.74) is 5.65. The summed E-state index contributed by atoms with van der Waals surface area (Å²) < 4.78 is 6.74. The average Bonchev–Trinajstić information content (AvgIpc) is 3.15. The number of aryl methyl sites for hydroxylation is 1. The minimum absolute atomic E-state index is 0.0722. The molecule has 1 aliphatic rings. The van der Waals surface area contributed by atoms with Gasteiger partial charge in [-0.25, -0.2) is 4.79 Å². The molecule has 114 valence electrons. The summed E-state index contributed by atoms with van der Waals surface area (Å²) in [5.74, 6) is 0.0722. The minimum Gasteiger partial charge on any atom is -0.447 e. The lowest BCUT2D eigenvalue weighted by Crippen LogP contribution is -2.18. The van der Waals surface area contributed by atoms with Gasteiger partial charge in [-0.3, -0.25) is 0 Å². The molecule has 0 bridgehead atoms.